The first-order chi connectivity index (χ1) is 12.4. The Morgan fingerprint density at radius 3 is 2.65 bits per heavy atom. The van der Waals surface area contributed by atoms with Gasteiger partial charge in [-0.25, -0.2) is 0 Å². The second kappa shape index (κ2) is 9.41. The van der Waals surface area contributed by atoms with E-state index in [1.807, 2.05) is 63.5 Å². The van der Waals surface area contributed by atoms with E-state index in [4.69, 9.17) is 16.3 Å². The normalized spacial score (nSPS) is 12.4. The lowest BCUT2D eigenvalue weighted by Gasteiger charge is -2.26. The average molecular weight is 373 g/mol. The van der Waals surface area contributed by atoms with Crippen molar-refractivity contribution in [1.29, 1.82) is 0 Å². The van der Waals surface area contributed by atoms with Gasteiger partial charge in [0.1, 0.15) is 5.75 Å². The topological polar surface area (TPSA) is 41.6 Å². The van der Waals surface area contributed by atoms with E-state index in [2.05, 4.69) is 10.2 Å². The quantitative estimate of drug-likeness (QED) is 0.744. The van der Waals surface area contributed by atoms with E-state index >= 15 is 0 Å². The molecular weight excluding hydrogens is 348 g/mol. The molecule has 0 aliphatic heterocycles. The number of likely N-dealkylation sites (N-methyl/N-ethyl adjacent to an activating group) is 1. The maximum atomic E-state index is 12.2. The zero-order valence-corrected chi connectivity index (χ0v) is 16.4. The molecule has 1 unspecified atom stereocenters. The summed E-state index contributed by atoms with van der Waals surface area (Å²) in [7, 11) is 5.61. The van der Waals surface area contributed by atoms with Crippen molar-refractivity contribution in [3.05, 3.63) is 70.3 Å². The maximum absolute atomic E-state index is 12.2. The number of halogens is 1. The van der Waals surface area contributed by atoms with Gasteiger partial charge >= 0.3 is 0 Å². The van der Waals surface area contributed by atoms with Gasteiger partial charge in [0.15, 0.2) is 0 Å². The molecule has 0 spiro atoms. The van der Waals surface area contributed by atoms with Crippen LogP contribution >= 0.6 is 11.6 Å². The SMILES string of the molecule is COc1ccccc1C(CNC(=O)/C=C/c1ccc(C)c(Cl)c1)N(C)C. The van der Waals surface area contributed by atoms with Gasteiger partial charge in [-0.15, -0.1) is 0 Å². The highest BCUT2D eigenvalue weighted by Gasteiger charge is 2.18. The number of benzene rings is 2. The fourth-order valence-electron chi connectivity index (χ4n) is 2.65. The van der Waals surface area contributed by atoms with Crippen LogP contribution in [0.2, 0.25) is 5.02 Å². The van der Waals surface area contributed by atoms with Gasteiger partial charge in [-0.05, 0) is 50.4 Å². The number of carbonyl (C=O) groups is 1. The van der Waals surface area contributed by atoms with Crippen molar-refractivity contribution in [2.24, 2.45) is 0 Å². The molecule has 2 rings (SSSR count). The van der Waals surface area contributed by atoms with Crippen LogP contribution in [0.5, 0.6) is 5.75 Å². The van der Waals surface area contributed by atoms with Crippen LogP contribution in [0.25, 0.3) is 6.08 Å². The molecule has 5 heteroatoms. The van der Waals surface area contributed by atoms with E-state index in [0.717, 1.165) is 22.4 Å². The molecule has 26 heavy (non-hydrogen) atoms. The minimum Gasteiger partial charge on any atom is -0.496 e. The summed E-state index contributed by atoms with van der Waals surface area (Å²) in [5, 5.41) is 3.65. The molecule has 0 aliphatic carbocycles. The first kappa shape index (κ1) is 20.0. The van der Waals surface area contributed by atoms with E-state index in [9.17, 15) is 4.79 Å². The van der Waals surface area contributed by atoms with Crippen LogP contribution in [-0.2, 0) is 4.79 Å². The van der Waals surface area contributed by atoms with Crippen molar-refractivity contribution >= 4 is 23.6 Å². The number of carbonyl (C=O) groups excluding carboxylic acids is 1. The largest absolute Gasteiger partial charge is 0.496 e. The molecule has 1 amide bonds. The summed E-state index contributed by atoms with van der Waals surface area (Å²) in [5.41, 5.74) is 2.94. The number of ether oxygens (including phenoxy) is 1. The third-order valence-corrected chi connectivity index (χ3v) is 4.62. The average Bonchev–Trinajstić information content (AvgIpc) is 2.63. The van der Waals surface area contributed by atoms with Crippen LogP contribution in [0, 0.1) is 6.92 Å². The molecule has 0 saturated heterocycles. The van der Waals surface area contributed by atoms with Crippen LogP contribution < -0.4 is 10.1 Å². The molecule has 4 nitrogen and oxygen atoms in total. The monoisotopic (exact) mass is 372 g/mol. The number of para-hydroxylation sites is 1. The zero-order chi connectivity index (χ0) is 19.1. The highest BCUT2D eigenvalue weighted by molar-refractivity contribution is 6.31. The Morgan fingerprint density at radius 1 is 1.27 bits per heavy atom. The Kier molecular flexibility index (Phi) is 7.25. The molecule has 0 aliphatic rings. The van der Waals surface area contributed by atoms with Gasteiger partial charge in [0.2, 0.25) is 5.91 Å². The number of rotatable bonds is 7. The third kappa shape index (κ3) is 5.35. The summed E-state index contributed by atoms with van der Waals surface area (Å²) in [6, 6.07) is 13.6. The van der Waals surface area contributed by atoms with Gasteiger partial charge in [-0.1, -0.05) is 41.9 Å². The van der Waals surface area contributed by atoms with Gasteiger partial charge in [0.25, 0.3) is 0 Å². The lowest BCUT2D eigenvalue weighted by molar-refractivity contribution is -0.116. The van der Waals surface area contributed by atoms with Crippen molar-refractivity contribution in [3.63, 3.8) is 0 Å². The first-order valence-corrected chi connectivity index (χ1v) is 8.81. The Labute approximate surface area is 160 Å². The number of amides is 1. The molecule has 1 atom stereocenters. The number of methoxy groups -OCH3 is 1. The highest BCUT2D eigenvalue weighted by Crippen LogP contribution is 2.27. The van der Waals surface area contributed by atoms with Crippen molar-refractivity contribution in [2.45, 2.75) is 13.0 Å². The molecule has 0 bridgehead atoms. The Bertz CT molecular complexity index is 787. The fraction of sp³-hybridized carbons (Fsp3) is 0.286. The van der Waals surface area contributed by atoms with Crippen LogP contribution in [0.4, 0.5) is 0 Å². The maximum Gasteiger partial charge on any atom is 0.244 e. The van der Waals surface area contributed by atoms with Gasteiger partial charge in [-0.3, -0.25) is 4.79 Å². The van der Waals surface area contributed by atoms with Crippen LogP contribution in [0.3, 0.4) is 0 Å². The Hall–Kier alpha value is -2.30. The highest BCUT2D eigenvalue weighted by atomic mass is 35.5. The van der Waals surface area contributed by atoms with Crippen LogP contribution in [0.15, 0.2) is 48.5 Å². The molecule has 0 fully saturated rings. The van der Waals surface area contributed by atoms with Crippen LogP contribution in [0.1, 0.15) is 22.7 Å². The van der Waals surface area contributed by atoms with Crippen molar-refractivity contribution in [2.75, 3.05) is 27.7 Å². The standard InChI is InChI=1S/C21H25ClN2O2/c1-15-9-10-16(13-18(15)22)11-12-21(25)23-14-19(24(2)3)17-7-5-6-8-20(17)26-4/h5-13,19H,14H2,1-4H3,(H,23,25)/b12-11+. The van der Waals surface area contributed by atoms with E-state index in [0.29, 0.717) is 11.6 Å². The number of nitrogens with one attached hydrogen (secondary N) is 1. The second-order valence-electron chi connectivity index (χ2n) is 6.31. The lowest BCUT2D eigenvalue weighted by Crippen LogP contribution is -2.33. The molecule has 138 valence electrons. The van der Waals surface area contributed by atoms with E-state index in [-0.39, 0.29) is 11.9 Å². The zero-order valence-electron chi connectivity index (χ0n) is 15.6. The summed E-state index contributed by atoms with van der Waals surface area (Å²) in [4.78, 5) is 14.3. The predicted octanol–water partition coefficient (Wildman–Crippen LogP) is 4.09. The van der Waals surface area contributed by atoms with E-state index in [1.54, 1.807) is 13.2 Å². The second-order valence-corrected chi connectivity index (χ2v) is 6.72. The fourth-order valence-corrected chi connectivity index (χ4v) is 2.84. The van der Waals surface area contributed by atoms with Crippen molar-refractivity contribution in [3.8, 4) is 5.75 Å². The molecule has 2 aromatic rings. The summed E-state index contributed by atoms with van der Waals surface area (Å²) in [6.45, 7) is 2.42. The first-order valence-electron chi connectivity index (χ1n) is 8.43. The molecule has 1 N–H and O–H groups in total. The summed E-state index contributed by atoms with van der Waals surface area (Å²) >= 11 is 6.11. The summed E-state index contributed by atoms with van der Waals surface area (Å²) in [6.07, 6.45) is 3.28. The number of hydrogen-bond acceptors (Lipinski definition) is 3. The van der Waals surface area contributed by atoms with Gasteiger partial charge in [-0.2, -0.15) is 0 Å². The number of nitrogens with zero attached hydrogens (tertiary/aromatic N) is 1. The van der Waals surface area contributed by atoms with Gasteiger partial charge in [0.05, 0.1) is 13.2 Å². The van der Waals surface area contributed by atoms with E-state index in [1.165, 1.54) is 6.08 Å². The Balaban J connectivity index is 2.03. The summed E-state index contributed by atoms with van der Waals surface area (Å²) < 4.78 is 5.44. The minimum atomic E-state index is -0.150. The number of aryl methyl sites for hydroxylation is 1. The van der Waals surface area contributed by atoms with Gasteiger partial charge in [0, 0.05) is 23.2 Å². The van der Waals surface area contributed by atoms with Gasteiger partial charge < -0.3 is 15.0 Å². The lowest BCUT2D eigenvalue weighted by atomic mass is 10.0. The number of hydrogen-bond donors (Lipinski definition) is 1. The van der Waals surface area contributed by atoms with Crippen LogP contribution in [-0.4, -0.2) is 38.6 Å². The summed E-state index contributed by atoms with van der Waals surface area (Å²) in [5.74, 6) is 0.661. The molecule has 0 heterocycles. The van der Waals surface area contributed by atoms with Crippen molar-refractivity contribution < 1.29 is 9.53 Å². The smallest absolute Gasteiger partial charge is 0.244 e. The minimum absolute atomic E-state index is 0.0114. The molecule has 0 aromatic heterocycles. The Morgan fingerprint density at radius 2 is 2.00 bits per heavy atom. The molecule has 0 radical (unpaired) electrons. The predicted molar refractivity (Wildman–Crippen MR) is 108 cm³/mol. The van der Waals surface area contributed by atoms with Crippen molar-refractivity contribution in [1.82, 2.24) is 10.2 Å². The third-order valence-electron chi connectivity index (χ3n) is 4.21. The molecule has 2 aromatic carbocycles. The van der Waals surface area contributed by atoms with E-state index < -0.39 is 0 Å². The molecular formula is C21H25ClN2O2. The molecule has 0 saturated carbocycles.